The van der Waals surface area contributed by atoms with Gasteiger partial charge in [0.25, 0.3) is 0 Å². The zero-order chi connectivity index (χ0) is 16.6. The zero-order valence-corrected chi connectivity index (χ0v) is 14.3. The predicted octanol–water partition coefficient (Wildman–Crippen LogP) is 6.03. The molecule has 0 bridgehead atoms. The van der Waals surface area contributed by atoms with E-state index in [2.05, 4.69) is 37.0 Å². The summed E-state index contributed by atoms with van der Waals surface area (Å²) >= 11 is 12.1. The number of benzene rings is 2. The highest BCUT2D eigenvalue weighted by atomic mass is 35.5. The number of fused-ring (bicyclic) bond motifs is 1. The van der Waals surface area contributed by atoms with Crippen LogP contribution in [-0.2, 0) is 0 Å². The lowest BCUT2D eigenvalue weighted by Crippen LogP contribution is -1.87. The lowest BCUT2D eigenvalue weighted by molar-refractivity contribution is 0.480. The van der Waals surface area contributed by atoms with Gasteiger partial charge in [0.15, 0.2) is 5.75 Å². The van der Waals surface area contributed by atoms with Gasteiger partial charge in [-0.2, -0.15) is 0 Å². The molecule has 0 saturated heterocycles. The maximum absolute atomic E-state index is 10.1. The number of nitrogens with zero attached hydrogens (tertiary/aromatic N) is 1. The van der Waals surface area contributed by atoms with Crippen molar-refractivity contribution in [2.24, 2.45) is 0 Å². The van der Waals surface area contributed by atoms with E-state index in [1.807, 2.05) is 24.3 Å². The number of aromatic hydroxyl groups is 1. The van der Waals surface area contributed by atoms with E-state index in [-0.39, 0.29) is 10.8 Å². The van der Waals surface area contributed by atoms with E-state index in [0.29, 0.717) is 15.9 Å². The quantitative estimate of drug-likeness (QED) is 0.615. The number of rotatable bonds is 2. The van der Waals surface area contributed by atoms with Gasteiger partial charge in [0.05, 0.1) is 15.7 Å². The molecule has 0 aliphatic heterocycles. The van der Waals surface area contributed by atoms with Gasteiger partial charge in [-0.3, -0.25) is 0 Å². The Labute approximate surface area is 145 Å². The van der Waals surface area contributed by atoms with E-state index < -0.39 is 0 Å². The predicted molar refractivity (Wildman–Crippen MR) is 98.3 cm³/mol. The average molecular weight is 344 g/mol. The molecule has 1 heterocycles. The first kappa shape index (κ1) is 15.9. The Balaban J connectivity index is 2.04. The van der Waals surface area contributed by atoms with Crippen molar-refractivity contribution in [3.05, 3.63) is 68.8 Å². The number of halogens is 2. The fourth-order valence-corrected chi connectivity index (χ4v) is 3.01. The molecule has 0 atom stereocenters. The summed E-state index contributed by atoms with van der Waals surface area (Å²) in [5.41, 5.74) is 4.70. The molecule has 0 aliphatic carbocycles. The van der Waals surface area contributed by atoms with Crippen molar-refractivity contribution < 1.29 is 5.11 Å². The first-order valence-corrected chi connectivity index (χ1v) is 7.94. The highest BCUT2D eigenvalue weighted by Crippen LogP contribution is 2.36. The van der Waals surface area contributed by atoms with Crippen molar-refractivity contribution in [3.8, 4) is 5.75 Å². The van der Waals surface area contributed by atoms with Gasteiger partial charge in [-0.25, -0.2) is 4.98 Å². The van der Waals surface area contributed by atoms with Gasteiger partial charge in [-0.1, -0.05) is 53.0 Å². The molecule has 0 fully saturated rings. The standard InChI is InChI=1S/C19H15Cl2NO/c1-11-3-4-13(12(2)9-11)5-6-14-7-8-15-16(20)10-17(21)19(23)18(15)22-14/h3-10,23H,1-2H3/b6-5+. The number of phenolic OH excluding ortho intramolecular Hbond substituents is 1. The van der Waals surface area contributed by atoms with Crippen molar-refractivity contribution in [1.82, 2.24) is 4.98 Å². The van der Waals surface area contributed by atoms with Gasteiger partial charge < -0.3 is 5.11 Å². The zero-order valence-electron chi connectivity index (χ0n) is 12.8. The van der Waals surface area contributed by atoms with Gasteiger partial charge in [-0.15, -0.1) is 0 Å². The molecule has 3 aromatic rings. The van der Waals surface area contributed by atoms with Crippen LogP contribution < -0.4 is 0 Å². The molecule has 0 radical (unpaired) electrons. The largest absolute Gasteiger partial charge is 0.504 e. The number of pyridine rings is 1. The fourth-order valence-electron chi connectivity index (χ4n) is 2.50. The molecule has 4 heteroatoms. The molecule has 2 nitrogen and oxygen atoms in total. The first-order chi connectivity index (χ1) is 11.0. The van der Waals surface area contributed by atoms with E-state index in [1.54, 1.807) is 0 Å². The smallest absolute Gasteiger partial charge is 0.160 e. The van der Waals surface area contributed by atoms with Crippen molar-refractivity contribution in [2.45, 2.75) is 13.8 Å². The molecule has 116 valence electrons. The number of aromatic nitrogens is 1. The van der Waals surface area contributed by atoms with Crippen LogP contribution in [0.25, 0.3) is 23.1 Å². The average Bonchev–Trinajstić information content (AvgIpc) is 2.52. The molecule has 2 aromatic carbocycles. The Morgan fingerprint density at radius 1 is 0.957 bits per heavy atom. The van der Waals surface area contributed by atoms with E-state index in [1.165, 1.54) is 17.2 Å². The minimum Gasteiger partial charge on any atom is -0.504 e. The van der Waals surface area contributed by atoms with Crippen LogP contribution in [0.15, 0.2) is 36.4 Å². The maximum atomic E-state index is 10.1. The lowest BCUT2D eigenvalue weighted by Gasteiger charge is -2.06. The molecular weight excluding hydrogens is 329 g/mol. The molecular formula is C19H15Cl2NO. The van der Waals surface area contributed by atoms with Gasteiger partial charge in [0.2, 0.25) is 0 Å². The third kappa shape index (κ3) is 3.19. The van der Waals surface area contributed by atoms with Crippen LogP contribution in [0.1, 0.15) is 22.4 Å². The van der Waals surface area contributed by atoms with Crippen LogP contribution in [0.5, 0.6) is 5.75 Å². The summed E-state index contributed by atoms with van der Waals surface area (Å²) in [5.74, 6) is -0.0483. The summed E-state index contributed by atoms with van der Waals surface area (Å²) < 4.78 is 0. The normalized spacial score (nSPS) is 11.5. The highest BCUT2D eigenvalue weighted by molar-refractivity contribution is 6.39. The van der Waals surface area contributed by atoms with Crippen LogP contribution in [0.2, 0.25) is 10.0 Å². The van der Waals surface area contributed by atoms with E-state index in [9.17, 15) is 5.11 Å². The number of phenols is 1. The topological polar surface area (TPSA) is 33.1 Å². The number of aryl methyl sites for hydroxylation is 2. The Morgan fingerprint density at radius 3 is 2.48 bits per heavy atom. The minimum absolute atomic E-state index is 0.0483. The Bertz CT molecular complexity index is 932. The molecule has 1 aromatic heterocycles. The van der Waals surface area contributed by atoms with Gasteiger partial charge in [0, 0.05) is 5.39 Å². The first-order valence-electron chi connectivity index (χ1n) is 7.19. The molecule has 1 N–H and O–H groups in total. The van der Waals surface area contributed by atoms with Crippen molar-refractivity contribution in [2.75, 3.05) is 0 Å². The minimum atomic E-state index is -0.0483. The molecule has 3 rings (SSSR count). The van der Waals surface area contributed by atoms with Crippen LogP contribution >= 0.6 is 23.2 Å². The molecule has 0 saturated carbocycles. The van der Waals surface area contributed by atoms with Crippen LogP contribution in [-0.4, -0.2) is 10.1 Å². The molecule has 0 amide bonds. The Hall–Kier alpha value is -2.03. The molecule has 0 spiro atoms. The van der Waals surface area contributed by atoms with Crippen molar-refractivity contribution in [3.63, 3.8) is 0 Å². The number of hydrogen-bond acceptors (Lipinski definition) is 2. The van der Waals surface area contributed by atoms with Crippen LogP contribution in [0.3, 0.4) is 0 Å². The highest BCUT2D eigenvalue weighted by Gasteiger charge is 2.10. The fraction of sp³-hybridized carbons (Fsp3) is 0.105. The van der Waals surface area contributed by atoms with Gasteiger partial charge in [-0.05, 0) is 49.2 Å². The number of hydrogen-bond donors (Lipinski definition) is 1. The second-order valence-electron chi connectivity index (χ2n) is 5.51. The van der Waals surface area contributed by atoms with Crippen LogP contribution in [0, 0.1) is 13.8 Å². The summed E-state index contributed by atoms with van der Waals surface area (Å²) in [5, 5.41) is 11.4. The van der Waals surface area contributed by atoms with E-state index >= 15 is 0 Å². The van der Waals surface area contributed by atoms with Gasteiger partial charge in [0.1, 0.15) is 5.52 Å². The van der Waals surface area contributed by atoms with Crippen molar-refractivity contribution in [1.29, 1.82) is 0 Å². The van der Waals surface area contributed by atoms with E-state index in [4.69, 9.17) is 23.2 Å². The monoisotopic (exact) mass is 343 g/mol. The molecule has 0 aliphatic rings. The van der Waals surface area contributed by atoms with Gasteiger partial charge >= 0.3 is 0 Å². The van der Waals surface area contributed by atoms with Crippen molar-refractivity contribution >= 4 is 46.3 Å². The Morgan fingerprint density at radius 2 is 1.74 bits per heavy atom. The second kappa shape index (κ2) is 6.23. The maximum Gasteiger partial charge on any atom is 0.160 e. The second-order valence-corrected chi connectivity index (χ2v) is 6.33. The summed E-state index contributed by atoms with van der Waals surface area (Å²) in [7, 11) is 0. The lowest BCUT2D eigenvalue weighted by atomic mass is 10.0. The summed E-state index contributed by atoms with van der Waals surface area (Å²) in [4.78, 5) is 4.45. The van der Waals surface area contributed by atoms with Crippen LogP contribution in [0.4, 0.5) is 0 Å². The third-order valence-corrected chi connectivity index (χ3v) is 4.34. The SMILES string of the molecule is Cc1ccc(/C=C/c2ccc3c(Cl)cc(Cl)c(O)c3n2)c(C)c1. The third-order valence-electron chi connectivity index (χ3n) is 3.74. The molecule has 0 unspecified atom stereocenters. The Kier molecular flexibility index (Phi) is 4.29. The summed E-state index contributed by atoms with van der Waals surface area (Å²) in [6, 6.07) is 11.5. The summed E-state index contributed by atoms with van der Waals surface area (Å²) in [6.45, 7) is 4.15. The molecule has 23 heavy (non-hydrogen) atoms. The van der Waals surface area contributed by atoms with E-state index in [0.717, 1.165) is 11.3 Å². The summed E-state index contributed by atoms with van der Waals surface area (Å²) in [6.07, 6.45) is 3.91.